The number of anilines is 1. The monoisotopic (exact) mass is 349 g/mol. The number of nitrogens with one attached hydrogen (secondary N) is 1. The highest BCUT2D eigenvalue weighted by molar-refractivity contribution is 5.95. The summed E-state index contributed by atoms with van der Waals surface area (Å²) in [6.45, 7) is 2.40. The van der Waals surface area contributed by atoms with E-state index < -0.39 is 17.5 Å². The number of hydrogen-bond acceptors (Lipinski definition) is 4. The molecule has 1 aromatic heterocycles. The Balaban J connectivity index is 1.57. The molecular weight excluding hydrogens is 332 g/mol. The summed E-state index contributed by atoms with van der Waals surface area (Å²) in [7, 11) is 0. The molecule has 0 bridgehead atoms. The van der Waals surface area contributed by atoms with Gasteiger partial charge >= 0.3 is 0 Å². The van der Waals surface area contributed by atoms with Crippen LogP contribution >= 0.6 is 0 Å². The summed E-state index contributed by atoms with van der Waals surface area (Å²) < 4.78 is 31.4. The lowest BCUT2D eigenvalue weighted by Gasteiger charge is -2.31. The van der Waals surface area contributed by atoms with Gasteiger partial charge in [0.1, 0.15) is 17.4 Å². The number of benzene rings is 1. The van der Waals surface area contributed by atoms with Crippen molar-refractivity contribution in [3.63, 3.8) is 0 Å². The topological polar surface area (TPSA) is 75.4 Å². The largest absolute Gasteiger partial charge is 0.360 e. The number of halogens is 2. The Kier molecular flexibility index (Phi) is 4.78. The molecule has 6 nitrogen and oxygen atoms in total. The SMILES string of the molecule is Cc1cc(NC(=O)C2CCN(C(=O)c3cc(F)cc(F)c3)CC2)no1. The maximum atomic E-state index is 13.3. The molecule has 0 aliphatic carbocycles. The van der Waals surface area contributed by atoms with Gasteiger partial charge in [-0.25, -0.2) is 8.78 Å². The second kappa shape index (κ2) is 7.00. The van der Waals surface area contributed by atoms with Gasteiger partial charge < -0.3 is 14.7 Å². The second-order valence-electron chi connectivity index (χ2n) is 6.04. The van der Waals surface area contributed by atoms with Gasteiger partial charge in [0.25, 0.3) is 5.91 Å². The van der Waals surface area contributed by atoms with E-state index in [1.807, 2.05) is 0 Å². The number of amides is 2. The van der Waals surface area contributed by atoms with Gasteiger partial charge in [0.15, 0.2) is 5.82 Å². The van der Waals surface area contributed by atoms with Gasteiger partial charge in [-0.15, -0.1) is 0 Å². The Hall–Kier alpha value is -2.77. The number of piperidine rings is 1. The lowest BCUT2D eigenvalue weighted by Crippen LogP contribution is -2.41. The molecule has 0 spiro atoms. The Morgan fingerprint density at radius 3 is 2.36 bits per heavy atom. The van der Waals surface area contributed by atoms with Gasteiger partial charge in [0, 0.05) is 36.7 Å². The predicted molar refractivity (Wildman–Crippen MR) is 84.9 cm³/mol. The molecule has 0 unspecified atom stereocenters. The standard InChI is InChI=1S/C17H17F2N3O3/c1-10-6-15(21-25-10)20-16(23)11-2-4-22(5-3-11)17(24)12-7-13(18)9-14(19)8-12/h6-9,11H,2-5H2,1H3,(H,20,21,23). The molecule has 132 valence electrons. The van der Waals surface area contributed by atoms with E-state index in [0.29, 0.717) is 37.5 Å². The summed E-state index contributed by atoms with van der Waals surface area (Å²) in [4.78, 5) is 26.1. The molecule has 0 radical (unpaired) electrons. The first-order chi connectivity index (χ1) is 11.9. The van der Waals surface area contributed by atoms with E-state index in [1.165, 1.54) is 4.90 Å². The number of rotatable bonds is 3. The van der Waals surface area contributed by atoms with Crippen LogP contribution in [-0.4, -0.2) is 35.0 Å². The Bertz CT molecular complexity index is 778. The Labute approximate surface area is 142 Å². The van der Waals surface area contributed by atoms with Crippen LogP contribution in [0.5, 0.6) is 0 Å². The quantitative estimate of drug-likeness (QED) is 0.924. The number of hydrogen-bond donors (Lipinski definition) is 1. The Morgan fingerprint density at radius 1 is 1.16 bits per heavy atom. The maximum absolute atomic E-state index is 13.3. The zero-order valence-electron chi connectivity index (χ0n) is 13.6. The highest BCUT2D eigenvalue weighted by atomic mass is 19.1. The number of nitrogens with zero attached hydrogens (tertiary/aromatic N) is 2. The Morgan fingerprint density at radius 2 is 1.80 bits per heavy atom. The van der Waals surface area contributed by atoms with E-state index >= 15 is 0 Å². The molecule has 1 aliphatic heterocycles. The third-order valence-electron chi connectivity index (χ3n) is 4.14. The van der Waals surface area contributed by atoms with Crippen LogP contribution in [0.2, 0.25) is 0 Å². The minimum atomic E-state index is -0.791. The minimum absolute atomic E-state index is 0.0292. The van der Waals surface area contributed by atoms with Gasteiger partial charge in [-0.1, -0.05) is 5.16 Å². The number of likely N-dealkylation sites (tertiary alicyclic amines) is 1. The van der Waals surface area contributed by atoms with E-state index in [2.05, 4.69) is 10.5 Å². The number of aryl methyl sites for hydroxylation is 1. The van der Waals surface area contributed by atoms with Crippen molar-refractivity contribution in [2.75, 3.05) is 18.4 Å². The van der Waals surface area contributed by atoms with Crippen molar-refractivity contribution < 1.29 is 22.9 Å². The number of aromatic nitrogens is 1. The molecule has 2 aromatic rings. The first-order valence-corrected chi connectivity index (χ1v) is 7.92. The van der Waals surface area contributed by atoms with E-state index in [4.69, 9.17) is 4.52 Å². The number of carbonyl (C=O) groups is 2. The van der Waals surface area contributed by atoms with Crippen molar-refractivity contribution in [2.24, 2.45) is 5.92 Å². The molecule has 0 saturated carbocycles. The molecule has 0 atom stereocenters. The van der Waals surface area contributed by atoms with E-state index in [1.54, 1.807) is 13.0 Å². The highest BCUT2D eigenvalue weighted by Crippen LogP contribution is 2.21. The van der Waals surface area contributed by atoms with Gasteiger partial charge in [0.05, 0.1) is 0 Å². The predicted octanol–water partition coefficient (Wildman–Crippen LogP) is 2.75. The first-order valence-electron chi connectivity index (χ1n) is 7.92. The molecule has 1 N–H and O–H groups in total. The zero-order chi connectivity index (χ0) is 18.0. The zero-order valence-corrected chi connectivity index (χ0v) is 13.6. The summed E-state index contributed by atoms with van der Waals surface area (Å²) in [6, 6.07) is 4.36. The normalized spacial score (nSPS) is 15.2. The fourth-order valence-electron chi connectivity index (χ4n) is 2.86. The van der Waals surface area contributed by atoms with Crippen molar-refractivity contribution in [3.05, 3.63) is 47.2 Å². The summed E-state index contributed by atoms with van der Waals surface area (Å²) in [6.07, 6.45) is 0.929. The van der Waals surface area contributed by atoms with Crippen molar-refractivity contribution in [2.45, 2.75) is 19.8 Å². The minimum Gasteiger partial charge on any atom is -0.360 e. The van der Waals surface area contributed by atoms with Gasteiger partial charge in [0.2, 0.25) is 5.91 Å². The van der Waals surface area contributed by atoms with E-state index in [9.17, 15) is 18.4 Å². The van der Waals surface area contributed by atoms with Gasteiger partial charge in [-0.05, 0) is 31.9 Å². The average molecular weight is 349 g/mol. The third kappa shape index (κ3) is 4.01. The van der Waals surface area contributed by atoms with Crippen LogP contribution in [-0.2, 0) is 4.79 Å². The van der Waals surface area contributed by atoms with Crippen LogP contribution in [0.1, 0.15) is 29.0 Å². The number of carbonyl (C=O) groups excluding carboxylic acids is 2. The lowest BCUT2D eigenvalue weighted by atomic mass is 9.95. The molecule has 2 amide bonds. The molecule has 3 rings (SSSR count). The van der Waals surface area contributed by atoms with Gasteiger partial charge in [-0.2, -0.15) is 0 Å². The van der Waals surface area contributed by atoms with Crippen molar-refractivity contribution in [1.29, 1.82) is 0 Å². The smallest absolute Gasteiger partial charge is 0.254 e. The van der Waals surface area contributed by atoms with E-state index in [0.717, 1.165) is 18.2 Å². The summed E-state index contributed by atoms with van der Waals surface area (Å²) in [5.74, 6) is -1.51. The molecule has 8 heteroatoms. The highest BCUT2D eigenvalue weighted by Gasteiger charge is 2.28. The molecule has 1 aliphatic rings. The van der Waals surface area contributed by atoms with Crippen LogP contribution in [0, 0.1) is 24.5 Å². The molecule has 1 fully saturated rings. The van der Waals surface area contributed by atoms with Crippen molar-refractivity contribution in [1.82, 2.24) is 10.1 Å². The molecule has 2 heterocycles. The van der Waals surface area contributed by atoms with Crippen LogP contribution in [0.15, 0.2) is 28.8 Å². The van der Waals surface area contributed by atoms with Gasteiger partial charge in [-0.3, -0.25) is 9.59 Å². The fraction of sp³-hybridized carbons (Fsp3) is 0.353. The molecule has 1 aromatic carbocycles. The third-order valence-corrected chi connectivity index (χ3v) is 4.14. The van der Waals surface area contributed by atoms with Crippen molar-refractivity contribution >= 4 is 17.6 Å². The van der Waals surface area contributed by atoms with Crippen LogP contribution < -0.4 is 5.32 Å². The molecule has 25 heavy (non-hydrogen) atoms. The summed E-state index contributed by atoms with van der Waals surface area (Å²) >= 11 is 0. The van der Waals surface area contributed by atoms with Crippen LogP contribution in [0.25, 0.3) is 0 Å². The average Bonchev–Trinajstić information content (AvgIpc) is 2.98. The van der Waals surface area contributed by atoms with Crippen molar-refractivity contribution in [3.8, 4) is 0 Å². The first kappa shape index (κ1) is 17.1. The maximum Gasteiger partial charge on any atom is 0.254 e. The van der Waals surface area contributed by atoms with Crippen LogP contribution in [0.4, 0.5) is 14.6 Å². The summed E-state index contributed by atoms with van der Waals surface area (Å²) in [5, 5.41) is 6.38. The fourth-order valence-corrected chi connectivity index (χ4v) is 2.86. The lowest BCUT2D eigenvalue weighted by molar-refractivity contribution is -0.121. The summed E-state index contributed by atoms with van der Waals surface area (Å²) in [5.41, 5.74) is -0.0292. The van der Waals surface area contributed by atoms with Crippen LogP contribution in [0.3, 0.4) is 0 Å². The molecule has 1 saturated heterocycles. The van der Waals surface area contributed by atoms with E-state index in [-0.39, 0.29) is 17.4 Å². The second-order valence-corrected chi connectivity index (χ2v) is 6.04. The molecular formula is C17H17F2N3O3.